The number of rotatable bonds is 4. The lowest BCUT2D eigenvalue weighted by Gasteiger charge is -2.18. The topological polar surface area (TPSA) is 78.4 Å². The largest absolute Gasteiger partial charge is 0.485 e. The molecule has 0 spiro atoms. The second-order valence-corrected chi connectivity index (χ2v) is 4.12. The highest BCUT2D eigenvalue weighted by Gasteiger charge is 2.22. The maximum atomic E-state index is 13.2. The SMILES string of the molecule is CC(C)(N)COc1cccc(F)c1[N+](=O)[O-]. The molecule has 0 saturated heterocycles. The van der Waals surface area contributed by atoms with Gasteiger partial charge in [0.05, 0.1) is 4.92 Å². The summed E-state index contributed by atoms with van der Waals surface area (Å²) in [5.74, 6) is -1.03. The Bertz CT molecular complexity index is 402. The molecule has 0 unspecified atom stereocenters. The van der Waals surface area contributed by atoms with Crippen LogP contribution < -0.4 is 10.5 Å². The molecular weight excluding hydrogens is 215 g/mol. The first kappa shape index (κ1) is 12.4. The molecule has 0 aliphatic carbocycles. The van der Waals surface area contributed by atoms with E-state index in [0.717, 1.165) is 6.07 Å². The van der Waals surface area contributed by atoms with Crippen molar-refractivity contribution in [2.24, 2.45) is 5.73 Å². The first-order chi connectivity index (χ1) is 7.31. The first-order valence-electron chi connectivity index (χ1n) is 4.66. The molecule has 0 amide bonds. The lowest BCUT2D eigenvalue weighted by atomic mass is 10.1. The number of para-hydroxylation sites is 1. The van der Waals surface area contributed by atoms with Gasteiger partial charge in [-0.3, -0.25) is 10.1 Å². The van der Waals surface area contributed by atoms with E-state index in [4.69, 9.17) is 10.5 Å². The highest BCUT2D eigenvalue weighted by molar-refractivity contribution is 5.47. The number of benzene rings is 1. The van der Waals surface area contributed by atoms with Gasteiger partial charge in [0.2, 0.25) is 5.82 Å². The van der Waals surface area contributed by atoms with Gasteiger partial charge in [-0.05, 0) is 26.0 Å². The smallest absolute Gasteiger partial charge is 0.346 e. The number of ether oxygens (including phenoxy) is 1. The van der Waals surface area contributed by atoms with Gasteiger partial charge in [0.25, 0.3) is 0 Å². The lowest BCUT2D eigenvalue weighted by Crippen LogP contribution is -2.38. The maximum Gasteiger partial charge on any atom is 0.346 e. The average molecular weight is 228 g/mol. The second-order valence-electron chi connectivity index (χ2n) is 4.12. The third kappa shape index (κ3) is 3.16. The Morgan fingerprint density at radius 2 is 2.19 bits per heavy atom. The van der Waals surface area contributed by atoms with Gasteiger partial charge >= 0.3 is 5.69 Å². The van der Waals surface area contributed by atoms with Crippen molar-refractivity contribution in [3.8, 4) is 5.75 Å². The molecule has 0 aliphatic heterocycles. The molecule has 2 N–H and O–H groups in total. The summed E-state index contributed by atoms with van der Waals surface area (Å²) in [6, 6.07) is 3.70. The Hall–Kier alpha value is -1.69. The first-order valence-corrected chi connectivity index (χ1v) is 4.66. The molecule has 5 nitrogen and oxygen atoms in total. The molecular formula is C10H13FN2O3. The van der Waals surface area contributed by atoms with Crippen LogP contribution in [0.5, 0.6) is 5.75 Å². The molecule has 1 aromatic carbocycles. The van der Waals surface area contributed by atoms with Crippen molar-refractivity contribution >= 4 is 5.69 Å². The van der Waals surface area contributed by atoms with Crippen molar-refractivity contribution < 1.29 is 14.1 Å². The van der Waals surface area contributed by atoms with E-state index in [1.165, 1.54) is 12.1 Å². The molecule has 0 aliphatic rings. The van der Waals surface area contributed by atoms with Gasteiger partial charge in [-0.25, -0.2) is 0 Å². The summed E-state index contributed by atoms with van der Waals surface area (Å²) in [4.78, 5) is 9.81. The minimum atomic E-state index is -0.919. The summed E-state index contributed by atoms with van der Waals surface area (Å²) in [5, 5.41) is 10.6. The van der Waals surface area contributed by atoms with Gasteiger partial charge in [0, 0.05) is 5.54 Å². The molecule has 0 heterocycles. The molecule has 0 bridgehead atoms. The van der Waals surface area contributed by atoms with E-state index in [-0.39, 0.29) is 12.4 Å². The fourth-order valence-corrected chi connectivity index (χ4v) is 1.05. The molecule has 0 saturated carbocycles. The van der Waals surface area contributed by atoms with Crippen LogP contribution in [-0.2, 0) is 0 Å². The van der Waals surface area contributed by atoms with E-state index in [1.54, 1.807) is 13.8 Å². The van der Waals surface area contributed by atoms with Crippen LogP contribution in [0.3, 0.4) is 0 Å². The van der Waals surface area contributed by atoms with Crippen LogP contribution in [0, 0.1) is 15.9 Å². The Morgan fingerprint density at radius 1 is 1.56 bits per heavy atom. The normalized spacial score (nSPS) is 11.2. The average Bonchev–Trinajstić information content (AvgIpc) is 2.12. The van der Waals surface area contributed by atoms with Gasteiger partial charge < -0.3 is 10.5 Å². The van der Waals surface area contributed by atoms with Crippen LogP contribution in [0.4, 0.5) is 10.1 Å². The zero-order valence-corrected chi connectivity index (χ0v) is 9.07. The van der Waals surface area contributed by atoms with Crippen LogP contribution in [0.15, 0.2) is 18.2 Å². The minimum absolute atomic E-state index is 0.0668. The van der Waals surface area contributed by atoms with Crippen molar-refractivity contribution in [2.45, 2.75) is 19.4 Å². The molecule has 1 aromatic rings. The maximum absolute atomic E-state index is 13.2. The monoisotopic (exact) mass is 228 g/mol. The lowest BCUT2D eigenvalue weighted by molar-refractivity contribution is -0.388. The van der Waals surface area contributed by atoms with E-state index in [2.05, 4.69) is 0 Å². The molecule has 0 fully saturated rings. The molecule has 0 atom stereocenters. The molecule has 6 heteroatoms. The summed E-state index contributed by atoms with van der Waals surface area (Å²) in [6.07, 6.45) is 0. The van der Waals surface area contributed by atoms with Crippen molar-refractivity contribution in [3.63, 3.8) is 0 Å². The Balaban J connectivity index is 2.96. The Kier molecular flexibility index (Phi) is 3.44. The summed E-state index contributed by atoms with van der Waals surface area (Å²) in [6.45, 7) is 3.48. The van der Waals surface area contributed by atoms with E-state index in [1.807, 2.05) is 0 Å². The van der Waals surface area contributed by atoms with Gasteiger partial charge in [0.15, 0.2) is 5.75 Å². The predicted octanol–water partition coefficient (Wildman–Crippen LogP) is 1.85. The third-order valence-electron chi connectivity index (χ3n) is 1.73. The second kappa shape index (κ2) is 4.44. The molecule has 0 aromatic heterocycles. The molecule has 0 radical (unpaired) electrons. The Labute approximate surface area is 92.2 Å². The fourth-order valence-electron chi connectivity index (χ4n) is 1.05. The van der Waals surface area contributed by atoms with Gasteiger partial charge in [-0.1, -0.05) is 6.07 Å². The van der Waals surface area contributed by atoms with E-state index >= 15 is 0 Å². The zero-order valence-electron chi connectivity index (χ0n) is 9.07. The van der Waals surface area contributed by atoms with Crippen LogP contribution in [0.25, 0.3) is 0 Å². The summed E-state index contributed by atoms with van der Waals surface area (Å²) in [5.41, 5.74) is 4.36. The minimum Gasteiger partial charge on any atom is -0.485 e. The highest BCUT2D eigenvalue weighted by Crippen LogP contribution is 2.29. The summed E-state index contributed by atoms with van der Waals surface area (Å²) >= 11 is 0. The summed E-state index contributed by atoms with van der Waals surface area (Å²) in [7, 11) is 0. The van der Waals surface area contributed by atoms with Crippen LogP contribution in [0.2, 0.25) is 0 Å². The fraction of sp³-hybridized carbons (Fsp3) is 0.400. The van der Waals surface area contributed by atoms with Crippen molar-refractivity contribution in [3.05, 3.63) is 34.1 Å². The quantitative estimate of drug-likeness (QED) is 0.630. The number of nitrogens with two attached hydrogens (primary N) is 1. The number of nitro groups is 1. The Morgan fingerprint density at radius 3 is 2.69 bits per heavy atom. The van der Waals surface area contributed by atoms with Gasteiger partial charge in [0.1, 0.15) is 6.61 Å². The number of nitrogens with zero attached hydrogens (tertiary/aromatic N) is 1. The molecule has 88 valence electrons. The number of hydrogen-bond donors (Lipinski definition) is 1. The van der Waals surface area contributed by atoms with E-state index < -0.39 is 22.0 Å². The van der Waals surface area contributed by atoms with Gasteiger partial charge in [-0.2, -0.15) is 4.39 Å². The molecule has 1 rings (SSSR count). The van der Waals surface area contributed by atoms with Crippen molar-refractivity contribution in [1.82, 2.24) is 0 Å². The number of halogens is 1. The van der Waals surface area contributed by atoms with Crippen LogP contribution in [0.1, 0.15) is 13.8 Å². The van der Waals surface area contributed by atoms with Crippen LogP contribution >= 0.6 is 0 Å². The van der Waals surface area contributed by atoms with Gasteiger partial charge in [-0.15, -0.1) is 0 Å². The van der Waals surface area contributed by atoms with E-state index in [0.29, 0.717) is 0 Å². The third-order valence-corrected chi connectivity index (χ3v) is 1.73. The summed E-state index contributed by atoms with van der Waals surface area (Å²) < 4.78 is 18.3. The standard InChI is InChI=1S/C10H13FN2O3/c1-10(2,12)6-16-8-5-3-4-7(11)9(8)13(14)15/h3-5H,6,12H2,1-2H3. The van der Waals surface area contributed by atoms with E-state index in [9.17, 15) is 14.5 Å². The number of nitro benzene ring substituents is 1. The molecule has 16 heavy (non-hydrogen) atoms. The van der Waals surface area contributed by atoms with Crippen molar-refractivity contribution in [2.75, 3.05) is 6.61 Å². The van der Waals surface area contributed by atoms with Crippen LogP contribution in [-0.4, -0.2) is 17.1 Å². The highest BCUT2D eigenvalue weighted by atomic mass is 19.1. The van der Waals surface area contributed by atoms with Crippen molar-refractivity contribution in [1.29, 1.82) is 0 Å². The number of hydrogen-bond acceptors (Lipinski definition) is 4. The predicted molar refractivity (Wildman–Crippen MR) is 56.8 cm³/mol. The zero-order chi connectivity index (χ0) is 12.3.